The van der Waals surface area contributed by atoms with Crippen LogP contribution in [0.4, 0.5) is 17.6 Å². The molecular formula is C13H7F4NO3. The fraction of sp³-hybridized carbons (Fsp3) is 0.0769. The first kappa shape index (κ1) is 14.8. The van der Waals surface area contributed by atoms with Gasteiger partial charge in [0, 0.05) is 5.56 Å². The molecule has 2 aromatic rings. The molecule has 0 aliphatic heterocycles. The Morgan fingerprint density at radius 3 is 2.43 bits per heavy atom. The normalized spacial score (nSPS) is 11.2. The van der Waals surface area contributed by atoms with Gasteiger partial charge in [0.2, 0.25) is 0 Å². The summed E-state index contributed by atoms with van der Waals surface area (Å²) in [6, 6.07) is 6.48. The quantitative estimate of drug-likeness (QED) is 0.882. The van der Waals surface area contributed by atoms with Crippen molar-refractivity contribution in [1.29, 1.82) is 0 Å². The number of halogens is 4. The topological polar surface area (TPSA) is 59.4 Å². The van der Waals surface area contributed by atoms with Crippen molar-refractivity contribution in [1.82, 2.24) is 4.98 Å². The van der Waals surface area contributed by atoms with Crippen molar-refractivity contribution in [2.45, 2.75) is 6.36 Å². The first-order valence-electron chi connectivity index (χ1n) is 5.53. The van der Waals surface area contributed by atoms with E-state index < -0.39 is 35.3 Å². The van der Waals surface area contributed by atoms with Gasteiger partial charge in [0.05, 0.1) is 0 Å². The molecule has 1 aromatic carbocycles. The summed E-state index contributed by atoms with van der Waals surface area (Å²) in [5, 5.41) is 8.81. The highest BCUT2D eigenvalue weighted by Crippen LogP contribution is 2.33. The zero-order valence-corrected chi connectivity index (χ0v) is 10.2. The van der Waals surface area contributed by atoms with Crippen LogP contribution in [0.2, 0.25) is 0 Å². The second-order valence-corrected chi connectivity index (χ2v) is 3.88. The van der Waals surface area contributed by atoms with Crippen LogP contribution in [0, 0.1) is 5.82 Å². The minimum atomic E-state index is -4.96. The Balaban J connectivity index is 2.56. The molecule has 0 aliphatic rings. The number of carboxylic acids is 1. The van der Waals surface area contributed by atoms with Crippen molar-refractivity contribution in [3.05, 3.63) is 47.9 Å². The molecular weight excluding hydrogens is 294 g/mol. The van der Waals surface area contributed by atoms with E-state index in [0.717, 1.165) is 24.3 Å². The lowest BCUT2D eigenvalue weighted by Crippen LogP contribution is -2.17. The fourth-order valence-corrected chi connectivity index (χ4v) is 1.63. The van der Waals surface area contributed by atoms with Crippen LogP contribution in [0.15, 0.2) is 36.4 Å². The van der Waals surface area contributed by atoms with E-state index in [2.05, 4.69) is 9.72 Å². The van der Waals surface area contributed by atoms with E-state index in [0.29, 0.717) is 0 Å². The van der Waals surface area contributed by atoms with Gasteiger partial charge < -0.3 is 9.84 Å². The number of para-hydroxylation sites is 1. The maximum absolute atomic E-state index is 13.7. The zero-order chi connectivity index (χ0) is 15.6. The Morgan fingerprint density at radius 1 is 1.14 bits per heavy atom. The van der Waals surface area contributed by atoms with E-state index in [9.17, 15) is 22.4 Å². The summed E-state index contributed by atoms with van der Waals surface area (Å²) in [6.45, 7) is 0. The smallest absolute Gasteiger partial charge is 0.477 e. The fourth-order valence-electron chi connectivity index (χ4n) is 1.63. The Hall–Kier alpha value is -2.64. The first-order chi connectivity index (χ1) is 9.78. The second kappa shape index (κ2) is 5.39. The van der Waals surface area contributed by atoms with Crippen LogP contribution in [0.25, 0.3) is 11.3 Å². The molecule has 0 saturated carbocycles. The third kappa shape index (κ3) is 3.47. The van der Waals surface area contributed by atoms with E-state index in [4.69, 9.17) is 5.11 Å². The van der Waals surface area contributed by atoms with Crippen LogP contribution in [-0.4, -0.2) is 22.4 Å². The number of hydrogen-bond donors (Lipinski definition) is 1. The molecule has 0 radical (unpaired) electrons. The van der Waals surface area contributed by atoms with Gasteiger partial charge >= 0.3 is 12.3 Å². The van der Waals surface area contributed by atoms with Crippen molar-refractivity contribution < 1.29 is 32.2 Å². The lowest BCUT2D eigenvalue weighted by molar-refractivity contribution is -0.274. The van der Waals surface area contributed by atoms with Gasteiger partial charge in [0.1, 0.15) is 23.0 Å². The number of ether oxygens (including phenoxy) is 1. The third-order valence-corrected chi connectivity index (χ3v) is 2.43. The molecule has 0 fully saturated rings. The summed E-state index contributed by atoms with van der Waals surface area (Å²) in [6.07, 6.45) is -4.96. The molecule has 1 N–H and O–H groups in total. The molecule has 0 unspecified atom stereocenters. The van der Waals surface area contributed by atoms with Crippen LogP contribution in [0.5, 0.6) is 5.75 Å². The van der Waals surface area contributed by atoms with Gasteiger partial charge in [-0.25, -0.2) is 14.2 Å². The molecule has 0 spiro atoms. The van der Waals surface area contributed by atoms with E-state index in [-0.39, 0.29) is 5.56 Å². The van der Waals surface area contributed by atoms with Crippen molar-refractivity contribution >= 4 is 5.97 Å². The number of nitrogens with zero attached hydrogens (tertiary/aromatic N) is 1. The molecule has 8 heteroatoms. The summed E-state index contributed by atoms with van der Waals surface area (Å²) < 4.78 is 54.5. The molecule has 2 rings (SSSR count). The minimum absolute atomic E-state index is 0.296. The van der Waals surface area contributed by atoms with Crippen molar-refractivity contribution in [3.63, 3.8) is 0 Å². The van der Waals surface area contributed by atoms with Crippen molar-refractivity contribution in [2.24, 2.45) is 0 Å². The average molecular weight is 301 g/mol. The highest BCUT2D eigenvalue weighted by atomic mass is 19.4. The van der Waals surface area contributed by atoms with Gasteiger partial charge in [-0.3, -0.25) is 0 Å². The summed E-state index contributed by atoms with van der Waals surface area (Å²) in [4.78, 5) is 14.3. The molecule has 0 amide bonds. The molecule has 0 atom stereocenters. The lowest BCUT2D eigenvalue weighted by atomic mass is 10.1. The van der Waals surface area contributed by atoms with Crippen molar-refractivity contribution in [3.8, 4) is 17.0 Å². The predicted molar refractivity (Wildman–Crippen MR) is 63.3 cm³/mol. The number of aromatic nitrogens is 1. The SMILES string of the molecule is O=C(O)c1ccc(F)c(-c2ccccc2OC(F)(F)F)n1. The summed E-state index contributed by atoms with van der Waals surface area (Å²) in [5.74, 6) is -3.05. The Kier molecular flexibility index (Phi) is 3.79. The number of hydrogen-bond acceptors (Lipinski definition) is 3. The van der Waals surface area contributed by atoms with Crippen LogP contribution in [0.3, 0.4) is 0 Å². The average Bonchev–Trinajstić information content (AvgIpc) is 2.38. The van der Waals surface area contributed by atoms with Gasteiger partial charge in [-0.15, -0.1) is 13.2 Å². The number of benzene rings is 1. The molecule has 21 heavy (non-hydrogen) atoms. The van der Waals surface area contributed by atoms with Crippen LogP contribution in [-0.2, 0) is 0 Å². The number of pyridine rings is 1. The van der Waals surface area contributed by atoms with Crippen molar-refractivity contribution in [2.75, 3.05) is 0 Å². The summed E-state index contributed by atoms with van der Waals surface area (Å²) >= 11 is 0. The zero-order valence-electron chi connectivity index (χ0n) is 10.2. The highest BCUT2D eigenvalue weighted by Gasteiger charge is 2.32. The Morgan fingerprint density at radius 2 is 1.81 bits per heavy atom. The third-order valence-electron chi connectivity index (χ3n) is 2.43. The molecule has 1 heterocycles. The van der Waals surface area contributed by atoms with E-state index in [1.807, 2.05) is 0 Å². The molecule has 4 nitrogen and oxygen atoms in total. The van der Waals surface area contributed by atoms with Gasteiger partial charge in [-0.1, -0.05) is 12.1 Å². The highest BCUT2D eigenvalue weighted by molar-refractivity contribution is 5.86. The summed E-state index contributed by atoms with van der Waals surface area (Å²) in [5.41, 5.74) is -1.32. The number of carboxylic acid groups (broad SMARTS) is 1. The Labute approximate surface area is 115 Å². The van der Waals surface area contributed by atoms with Gasteiger partial charge in [0.15, 0.2) is 0 Å². The second-order valence-electron chi connectivity index (χ2n) is 3.88. The van der Waals surface area contributed by atoms with Gasteiger partial charge in [-0.2, -0.15) is 0 Å². The molecule has 0 bridgehead atoms. The van der Waals surface area contributed by atoms with E-state index >= 15 is 0 Å². The Bertz CT molecular complexity index is 685. The van der Waals surface area contributed by atoms with E-state index in [1.165, 1.54) is 12.1 Å². The van der Waals surface area contributed by atoms with Gasteiger partial charge in [0.25, 0.3) is 0 Å². The molecule has 1 aromatic heterocycles. The maximum atomic E-state index is 13.7. The number of alkyl halides is 3. The minimum Gasteiger partial charge on any atom is -0.477 e. The first-order valence-corrected chi connectivity index (χ1v) is 5.53. The predicted octanol–water partition coefficient (Wildman–Crippen LogP) is 3.48. The maximum Gasteiger partial charge on any atom is 0.573 e. The molecule has 0 saturated heterocycles. The monoisotopic (exact) mass is 301 g/mol. The number of aromatic carboxylic acids is 1. The standard InChI is InChI=1S/C13H7F4NO3/c14-8-5-6-9(12(19)20)18-11(8)7-3-1-2-4-10(7)21-13(15,16)17/h1-6H,(H,19,20). The molecule has 0 aliphatic carbocycles. The summed E-state index contributed by atoms with van der Waals surface area (Å²) in [7, 11) is 0. The lowest BCUT2D eigenvalue weighted by Gasteiger charge is -2.13. The van der Waals surface area contributed by atoms with Crippen LogP contribution < -0.4 is 4.74 Å². The largest absolute Gasteiger partial charge is 0.573 e. The number of carbonyl (C=O) groups is 1. The number of rotatable bonds is 3. The van der Waals surface area contributed by atoms with Gasteiger partial charge in [-0.05, 0) is 24.3 Å². The van der Waals surface area contributed by atoms with Crippen LogP contribution >= 0.6 is 0 Å². The molecule has 110 valence electrons. The van der Waals surface area contributed by atoms with Crippen LogP contribution in [0.1, 0.15) is 10.5 Å². The van der Waals surface area contributed by atoms with E-state index in [1.54, 1.807) is 0 Å².